The molecule has 0 aromatic heterocycles. The van der Waals surface area contributed by atoms with Crippen molar-refractivity contribution >= 4 is 17.9 Å². The van der Waals surface area contributed by atoms with Crippen molar-refractivity contribution in [3.63, 3.8) is 0 Å². The molecule has 0 radical (unpaired) electrons. The standard InChI is InChI=1S/C50H81NO7/c1-6-8-10-12-14-16-18-20-22-23-24-25-27-29-31-33-35-37-39-41-49(53)58-46(44-56-43-42-47(50(54)55)51(3,4)5)45-57-48(52)40-38-36-34-32-30-28-26-21-19-17-15-13-11-9-7-2/h8,10,14-17,19-22,24-25,29,31,35,37,46-47H,6-7,9,11-13,18,23,26-28,30,32-34,36,38-45H2,1-5H3/b10-8+,16-14+,17-15+,21-19+,22-20+,25-24+,31-29+,37-35+. The van der Waals surface area contributed by atoms with Gasteiger partial charge in [0.1, 0.15) is 12.6 Å². The summed E-state index contributed by atoms with van der Waals surface area (Å²) in [5, 5.41) is 11.6. The number of likely N-dealkylation sites (N-methyl/N-ethyl adjacent to an activating group) is 1. The monoisotopic (exact) mass is 808 g/mol. The molecule has 8 nitrogen and oxygen atoms in total. The number of aliphatic carboxylic acids is 1. The van der Waals surface area contributed by atoms with E-state index in [0.717, 1.165) is 77.0 Å². The molecule has 0 aromatic carbocycles. The molecule has 0 saturated carbocycles. The maximum atomic E-state index is 12.7. The van der Waals surface area contributed by atoms with E-state index in [1.54, 1.807) is 21.1 Å². The third kappa shape index (κ3) is 37.8. The molecule has 0 rings (SSSR count). The Kier molecular flexibility index (Phi) is 37.5. The number of hydrogen-bond acceptors (Lipinski definition) is 7. The molecule has 2 atom stereocenters. The molecule has 8 heteroatoms. The summed E-state index contributed by atoms with van der Waals surface area (Å²) in [5.74, 6) is -1.87. The Morgan fingerprint density at radius 3 is 1.57 bits per heavy atom. The van der Waals surface area contributed by atoms with Gasteiger partial charge in [0.05, 0.1) is 40.3 Å². The van der Waals surface area contributed by atoms with Gasteiger partial charge in [0, 0.05) is 19.3 Å². The molecule has 0 amide bonds. The summed E-state index contributed by atoms with van der Waals surface area (Å²) in [6, 6.07) is -0.746. The molecule has 0 fully saturated rings. The summed E-state index contributed by atoms with van der Waals surface area (Å²) < 4.78 is 17.1. The maximum Gasteiger partial charge on any atom is 0.306 e. The number of carbonyl (C=O) groups excluding carboxylic acids is 3. The summed E-state index contributed by atoms with van der Waals surface area (Å²) in [4.78, 5) is 36.8. The number of carboxylic acid groups (broad SMARTS) is 1. The molecule has 0 saturated heterocycles. The Morgan fingerprint density at radius 1 is 0.552 bits per heavy atom. The van der Waals surface area contributed by atoms with Crippen LogP contribution < -0.4 is 5.11 Å². The zero-order chi connectivity index (χ0) is 42.8. The molecule has 0 N–H and O–H groups in total. The molecule has 58 heavy (non-hydrogen) atoms. The minimum atomic E-state index is -1.14. The van der Waals surface area contributed by atoms with E-state index in [1.165, 1.54) is 32.1 Å². The minimum absolute atomic E-state index is 0.000274. The quantitative estimate of drug-likeness (QED) is 0.0201. The lowest BCUT2D eigenvalue weighted by molar-refractivity contribution is -0.889. The summed E-state index contributed by atoms with van der Waals surface area (Å²) in [5.41, 5.74) is 0. The largest absolute Gasteiger partial charge is 0.544 e. The van der Waals surface area contributed by atoms with Crippen molar-refractivity contribution in [2.45, 2.75) is 161 Å². The van der Waals surface area contributed by atoms with Gasteiger partial charge in [0.15, 0.2) is 6.10 Å². The molecule has 0 spiro atoms. The molecule has 328 valence electrons. The van der Waals surface area contributed by atoms with Crippen LogP contribution in [0.2, 0.25) is 0 Å². The van der Waals surface area contributed by atoms with Gasteiger partial charge in [0.2, 0.25) is 0 Å². The fourth-order valence-corrected chi connectivity index (χ4v) is 5.79. The first kappa shape index (κ1) is 54.2. The normalized spacial score (nSPS) is 13.9. The first-order valence-corrected chi connectivity index (χ1v) is 22.3. The Labute approximate surface area is 354 Å². The second kappa shape index (κ2) is 40.0. The summed E-state index contributed by atoms with van der Waals surface area (Å²) in [6.07, 6.45) is 53.0. The van der Waals surface area contributed by atoms with Crippen LogP contribution in [0.5, 0.6) is 0 Å². The Hall–Kier alpha value is -3.75. The van der Waals surface area contributed by atoms with Gasteiger partial charge < -0.3 is 28.6 Å². The Morgan fingerprint density at radius 2 is 1.05 bits per heavy atom. The predicted octanol–water partition coefficient (Wildman–Crippen LogP) is 11.0. The van der Waals surface area contributed by atoms with Gasteiger partial charge >= 0.3 is 11.9 Å². The number of allylic oxidation sites excluding steroid dienone is 16. The second-order valence-corrected chi connectivity index (χ2v) is 15.6. The van der Waals surface area contributed by atoms with Gasteiger partial charge in [-0.2, -0.15) is 0 Å². The van der Waals surface area contributed by atoms with E-state index in [-0.39, 0.29) is 43.1 Å². The van der Waals surface area contributed by atoms with Crippen LogP contribution in [0, 0.1) is 0 Å². The number of hydrogen-bond donors (Lipinski definition) is 0. The van der Waals surface area contributed by atoms with Gasteiger partial charge in [-0.15, -0.1) is 0 Å². The van der Waals surface area contributed by atoms with Crippen LogP contribution >= 0.6 is 0 Å². The molecular formula is C50H81NO7. The lowest BCUT2D eigenvalue weighted by Crippen LogP contribution is -2.55. The summed E-state index contributed by atoms with van der Waals surface area (Å²) in [6.45, 7) is 4.40. The van der Waals surface area contributed by atoms with Crippen LogP contribution in [0.1, 0.15) is 149 Å². The SMILES string of the molecule is CC/C=C/C/C=C/C/C=C/C/C=C/C/C=C/C/C=C/CCC(=O)OC(COCCC(C(=O)[O-])[N+](C)(C)C)COC(=O)CCCCCCCC/C=C/C=C/CCCCC. The van der Waals surface area contributed by atoms with Gasteiger partial charge in [-0.05, 0) is 77.0 Å². The zero-order valence-corrected chi connectivity index (χ0v) is 37.2. The van der Waals surface area contributed by atoms with Crippen LogP contribution in [0.4, 0.5) is 0 Å². The van der Waals surface area contributed by atoms with E-state index < -0.39 is 24.1 Å². The fraction of sp³-hybridized carbons (Fsp3) is 0.620. The van der Waals surface area contributed by atoms with E-state index in [1.807, 2.05) is 12.2 Å². The molecule has 0 aliphatic rings. The smallest absolute Gasteiger partial charge is 0.306 e. The molecule has 0 aliphatic heterocycles. The van der Waals surface area contributed by atoms with Crippen molar-refractivity contribution in [2.24, 2.45) is 0 Å². The lowest BCUT2D eigenvalue weighted by Gasteiger charge is -2.34. The molecule has 2 unspecified atom stereocenters. The topological polar surface area (TPSA) is 102 Å². The lowest BCUT2D eigenvalue weighted by atomic mass is 10.1. The highest BCUT2D eigenvalue weighted by molar-refractivity contribution is 5.70. The number of rotatable bonds is 38. The fourth-order valence-electron chi connectivity index (χ4n) is 5.79. The first-order valence-electron chi connectivity index (χ1n) is 22.3. The average Bonchev–Trinajstić information content (AvgIpc) is 3.18. The number of carboxylic acids is 1. The van der Waals surface area contributed by atoms with E-state index in [9.17, 15) is 19.5 Å². The summed E-state index contributed by atoms with van der Waals surface area (Å²) >= 11 is 0. The van der Waals surface area contributed by atoms with Gasteiger partial charge in [-0.3, -0.25) is 9.59 Å². The molecule has 0 heterocycles. The van der Waals surface area contributed by atoms with Gasteiger partial charge in [-0.1, -0.05) is 150 Å². The van der Waals surface area contributed by atoms with Crippen LogP contribution in [-0.2, 0) is 28.6 Å². The van der Waals surface area contributed by atoms with Crippen molar-refractivity contribution in [3.8, 4) is 0 Å². The van der Waals surface area contributed by atoms with Crippen molar-refractivity contribution in [2.75, 3.05) is 41.0 Å². The van der Waals surface area contributed by atoms with Crippen LogP contribution in [0.15, 0.2) is 97.2 Å². The van der Waals surface area contributed by atoms with Crippen LogP contribution in [0.25, 0.3) is 0 Å². The van der Waals surface area contributed by atoms with Crippen molar-refractivity contribution in [3.05, 3.63) is 97.2 Å². The zero-order valence-electron chi connectivity index (χ0n) is 37.2. The number of nitrogens with zero attached hydrogens (tertiary/aromatic N) is 1. The second-order valence-electron chi connectivity index (χ2n) is 15.6. The Bertz CT molecular complexity index is 1260. The van der Waals surface area contributed by atoms with E-state index in [2.05, 4.69) is 98.9 Å². The number of unbranched alkanes of at least 4 members (excludes halogenated alkanes) is 9. The van der Waals surface area contributed by atoms with Crippen molar-refractivity contribution in [1.82, 2.24) is 0 Å². The highest BCUT2D eigenvalue weighted by Crippen LogP contribution is 2.12. The molecule has 0 bridgehead atoms. The number of esters is 2. The van der Waals surface area contributed by atoms with Crippen LogP contribution in [0.3, 0.4) is 0 Å². The van der Waals surface area contributed by atoms with E-state index in [0.29, 0.717) is 12.8 Å². The van der Waals surface area contributed by atoms with Crippen LogP contribution in [-0.4, -0.2) is 75.5 Å². The van der Waals surface area contributed by atoms with Crippen molar-refractivity contribution < 1.29 is 38.2 Å². The highest BCUT2D eigenvalue weighted by atomic mass is 16.6. The summed E-state index contributed by atoms with van der Waals surface area (Å²) in [7, 11) is 5.36. The third-order valence-electron chi connectivity index (χ3n) is 9.25. The molecule has 0 aliphatic carbocycles. The maximum absolute atomic E-state index is 12.7. The third-order valence-corrected chi connectivity index (χ3v) is 9.25. The highest BCUT2D eigenvalue weighted by Gasteiger charge is 2.25. The number of quaternary nitrogens is 1. The minimum Gasteiger partial charge on any atom is -0.544 e. The average molecular weight is 808 g/mol. The first-order chi connectivity index (χ1) is 28.1. The van der Waals surface area contributed by atoms with Crippen molar-refractivity contribution in [1.29, 1.82) is 0 Å². The predicted molar refractivity (Wildman–Crippen MR) is 240 cm³/mol. The number of carbonyl (C=O) groups is 3. The number of ether oxygens (including phenoxy) is 3. The molecule has 0 aromatic rings. The van der Waals surface area contributed by atoms with Gasteiger partial charge in [-0.25, -0.2) is 0 Å². The molecular weight excluding hydrogens is 727 g/mol. The van der Waals surface area contributed by atoms with Gasteiger partial charge in [0.25, 0.3) is 0 Å². The van der Waals surface area contributed by atoms with E-state index >= 15 is 0 Å². The van der Waals surface area contributed by atoms with E-state index in [4.69, 9.17) is 14.2 Å². The Balaban J connectivity index is 4.52.